The number of nitrogens with two attached hydrogens (primary N) is 1. The Morgan fingerprint density at radius 2 is 1.88 bits per heavy atom. The lowest BCUT2D eigenvalue weighted by Crippen LogP contribution is -2.16. The summed E-state index contributed by atoms with van der Waals surface area (Å²) in [5, 5.41) is 0. The van der Waals surface area contributed by atoms with Crippen LogP contribution in [0.25, 0.3) is 0 Å². The lowest BCUT2D eigenvalue weighted by atomic mass is 10.0. The Balaban J connectivity index is 2.94. The quantitative estimate of drug-likeness (QED) is 0.824. The Morgan fingerprint density at radius 3 is 2.38 bits per heavy atom. The molecule has 90 valence electrons. The molecule has 2 nitrogen and oxygen atoms in total. The number of rotatable bonds is 5. The molecule has 0 amide bonds. The molecule has 1 aromatic rings. The monoisotopic (exact) mass is 221 g/mol. The van der Waals surface area contributed by atoms with E-state index in [1.807, 2.05) is 13.0 Å². The van der Waals surface area contributed by atoms with E-state index in [9.17, 15) is 0 Å². The maximum Gasteiger partial charge on any atom is 0.124 e. The van der Waals surface area contributed by atoms with E-state index >= 15 is 0 Å². The van der Waals surface area contributed by atoms with Gasteiger partial charge in [-0.2, -0.15) is 0 Å². The zero-order valence-corrected chi connectivity index (χ0v) is 10.8. The summed E-state index contributed by atoms with van der Waals surface area (Å²) in [5.74, 6) is 0.939. The van der Waals surface area contributed by atoms with Crippen molar-refractivity contribution in [1.29, 1.82) is 0 Å². The molecular formula is C14H23NO. The minimum Gasteiger partial charge on any atom is -0.490 e. The number of ether oxygens (including phenoxy) is 1. The first kappa shape index (κ1) is 13.0. The molecule has 0 bridgehead atoms. The molecule has 0 heterocycles. The third kappa shape index (κ3) is 3.24. The minimum absolute atomic E-state index is 0.0178. The molecule has 0 aliphatic carbocycles. The van der Waals surface area contributed by atoms with Gasteiger partial charge in [0.25, 0.3) is 0 Å². The van der Waals surface area contributed by atoms with Gasteiger partial charge in [0.15, 0.2) is 0 Å². The van der Waals surface area contributed by atoms with Gasteiger partial charge in [-0.05, 0) is 32.8 Å². The molecule has 1 aromatic carbocycles. The lowest BCUT2D eigenvalue weighted by molar-refractivity contribution is 0.190. The van der Waals surface area contributed by atoms with Crippen molar-refractivity contribution in [2.24, 2.45) is 5.73 Å². The second-order valence-corrected chi connectivity index (χ2v) is 4.39. The molecule has 0 fully saturated rings. The van der Waals surface area contributed by atoms with Gasteiger partial charge in [0.1, 0.15) is 5.75 Å². The van der Waals surface area contributed by atoms with Gasteiger partial charge < -0.3 is 10.5 Å². The first-order chi connectivity index (χ1) is 7.58. The number of benzene rings is 1. The third-order valence-electron chi connectivity index (χ3n) is 2.86. The number of hydrogen-bond donors (Lipinski definition) is 1. The molecule has 0 aliphatic heterocycles. The topological polar surface area (TPSA) is 35.2 Å². The molecule has 0 saturated heterocycles. The van der Waals surface area contributed by atoms with E-state index in [2.05, 4.69) is 32.9 Å². The van der Waals surface area contributed by atoms with Crippen LogP contribution in [0.15, 0.2) is 18.2 Å². The van der Waals surface area contributed by atoms with Crippen LogP contribution in [-0.2, 0) is 0 Å². The van der Waals surface area contributed by atoms with E-state index in [4.69, 9.17) is 10.5 Å². The minimum atomic E-state index is 0.0178. The van der Waals surface area contributed by atoms with Crippen LogP contribution in [0, 0.1) is 6.92 Å². The van der Waals surface area contributed by atoms with Crippen molar-refractivity contribution in [3.63, 3.8) is 0 Å². The summed E-state index contributed by atoms with van der Waals surface area (Å²) in [5.41, 5.74) is 8.29. The predicted molar refractivity (Wildman–Crippen MR) is 68.8 cm³/mol. The zero-order valence-electron chi connectivity index (χ0n) is 10.8. The van der Waals surface area contributed by atoms with E-state index in [0.717, 1.165) is 24.2 Å². The zero-order chi connectivity index (χ0) is 12.1. The Kier molecular flexibility index (Phi) is 4.81. The van der Waals surface area contributed by atoms with Crippen LogP contribution >= 0.6 is 0 Å². The van der Waals surface area contributed by atoms with Crippen LogP contribution in [0.1, 0.15) is 50.8 Å². The molecule has 1 rings (SSSR count). The molecular weight excluding hydrogens is 198 g/mol. The average Bonchev–Trinajstić information content (AvgIpc) is 2.27. The summed E-state index contributed by atoms with van der Waals surface area (Å²) < 4.78 is 5.98. The van der Waals surface area contributed by atoms with Gasteiger partial charge in [-0.25, -0.2) is 0 Å². The van der Waals surface area contributed by atoms with Gasteiger partial charge in [0.2, 0.25) is 0 Å². The highest BCUT2D eigenvalue weighted by molar-refractivity contribution is 5.38. The third-order valence-corrected chi connectivity index (χ3v) is 2.86. The first-order valence-electron chi connectivity index (χ1n) is 6.11. The molecule has 0 aromatic heterocycles. The summed E-state index contributed by atoms with van der Waals surface area (Å²) in [6.45, 7) is 8.36. The molecule has 0 radical (unpaired) electrons. The fourth-order valence-corrected chi connectivity index (χ4v) is 1.77. The molecule has 0 aliphatic rings. The Hall–Kier alpha value is -1.02. The summed E-state index contributed by atoms with van der Waals surface area (Å²) in [4.78, 5) is 0. The van der Waals surface area contributed by atoms with E-state index in [-0.39, 0.29) is 6.04 Å². The summed E-state index contributed by atoms with van der Waals surface area (Å²) >= 11 is 0. The second kappa shape index (κ2) is 5.90. The average molecular weight is 221 g/mol. The van der Waals surface area contributed by atoms with Crippen molar-refractivity contribution in [2.75, 3.05) is 0 Å². The van der Waals surface area contributed by atoms with Crippen LogP contribution in [-0.4, -0.2) is 6.10 Å². The van der Waals surface area contributed by atoms with Gasteiger partial charge in [-0.3, -0.25) is 0 Å². The van der Waals surface area contributed by atoms with Crippen LogP contribution in [0.3, 0.4) is 0 Å². The van der Waals surface area contributed by atoms with Gasteiger partial charge in [-0.1, -0.05) is 31.5 Å². The van der Waals surface area contributed by atoms with E-state index in [1.165, 1.54) is 5.56 Å². The highest BCUT2D eigenvalue weighted by atomic mass is 16.5. The SMILES string of the molecule is CCC(CC)Oc1ccc(C)cc1[C@@H](C)N. The van der Waals surface area contributed by atoms with E-state index in [1.54, 1.807) is 0 Å². The van der Waals surface area contributed by atoms with Crippen LogP contribution in [0.4, 0.5) is 0 Å². The summed E-state index contributed by atoms with van der Waals surface area (Å²) in [6, 6.07) is 6.24. The Morgan fingerprint density at radius 1 is 1.25 bits per heavy atom. The molecule has 0 saturated carbocycles. The second-order valence-electron chi connectivity index (χ2n) is 4.39. The molecule has 0 unspecified atom stereocenters. The van der Waals surface area contributed by atoms with Gasteiger partial charge in [0, 0.05) is 11.6 Å². The van der Waals surface area contributed by atoms with Crippen LogP contribution < -0.4 is 10.5 Å². The van der Waals surface area contributed by atoms with Crippen molar-refractivity contribution in [3.05, 3.63) is 29.3 Å². The first-order valence-corrected chi connectivity index (χ1v) is 6.11. The van der Waals surface area contributed by atoms with Gasteiger partial charge in [0.05, 0.1) is 6.10 Å². The fourth-order valence-electron chi connectivity index (χ4n) is 1.77. The van der Waals surface area contributed by atoms with Crippen molar-refractivity contribution >= 4 is 0 Å². The Labute approximate surface area is 98.8 Å². The summed E-state index contributed by atoms with van der Waals surface area (Å²) in [6.07, 6.45) is 2.35. The van der Waals surface area contributed by atoms with E-state index in [0.29, 0.717) is 6.10 Å². The standard InChI is InChI=1S/C14H23NO/c1-5-12(6-2)16-14-8-7-10(3)9-13(14)11(4)15/h7-9,11-12H,5-6,15H2,1-4H3/t11-/m1/s1. The number of aryl methyl sites for hydroxylation is 1. The molecule has 2 N–H and O–H groups in total. The normalized spacial score (nSPS) is 12.9. The maximum absolute atomic E-state index is 5.98. The van der Waals surface area contributed by atoms with Crippen molar-refractivity contribution in [1.82, 2.24) is 0 Å². The molecule has 16 heavy (non-hydrogen) atoms. The predicted octanol–water partition coefficient (Wildman–Crippen LogP) is 3.58. The maximum atomic E-state index is 5.98. The molecule has 0 spiro atoms. The lowest BCUT2D eigenvalue weighted by Gasteiger charge is -2.20. The highest BCUT2D eigenvalue weighted by Gasteiger charge is 2.12. The number of hydrogen-bond acceptors (Lipinski definition) is 2. The largest absolute Gasteiger partial charge is 0.490 e. The van der Waals surface area contributed by atoms with Crippen molar-refractivity contribution < 1.29 is 4.74 Å². The van der Waals surface area contributed by atoms with Gasteiger partial charge >= 0.3 is 0 Å². The van der Waals surface area contributed by atoms with Crippen LogP contribution in [0.2, 0.25) is 0 Å². The molecule has 2 heteroatoms. The summed E-state index contributed by atoms with van der Waals surface area (Å²) in [7, 11) is 0. The van der Waals surface area contributed by atoms with Crippen molar-refractivity contribution in [2.45, 2.75) is 52.7 Å². The Bertz CT molecular complexity index is 330. The van der Waals surface area contributed by atoms with E-state index < -0.39 is 0 Å². The fraction of sp³-hybridized carbons (Fsp3) is 0.571. The van der Waals surface area contributed by atoms with Crippen molar-refractivity contribution in [3.8, 4) is 5.75 Å². The smallest absolute Gasteiger partial charge is 0.124 e. The van der Waals surface area contributed by atoms with Crippen LogP contribution in [0.5, 0.6) is 5.75 Å². The highest BCUT2D eigenvalue weighted by Crippen LogP contribution is 2.26. The van der Waals surface area contributed by atoms with Gasteiger partial charge in [-0.15, -0.1) is 0 Å². The molecule has 1 atom stereocenters.